The third-order valence-corrected chi connectivity index (χ3v) is 2.09. The number of pyridine rings is 1. The van der Waals surface area contributed by atoms with E-state index in [9.17, 15) is 0 Å². The van der Waals surface area contributed by atoms with E-state index in [-0.39, 0.29) is 0 Å². The van der Waals surface area contributed by atoms with Crippen molar-refractivity contribution in [2.75, 3.05) is 18.3 Å². The van der Waals surface area contributed by atoms with E-state index < -0.39 is 0 Å². The number of nitrogens with one attached hydrogen (secondary N) is 1. The molecule has 3 nitrogen and oxygen atoms in total. The van der Waals surface area contributed by atoms with Crippen molar-refractivity contribution in [1.29, 1.82) is 0 Å². The van der Waals surface area contributed by atoms with Crippen LogP contribution < -0.4 is 10.1 Å². The molecule has 0 aromatic carbocycles. The number of rotatable bonds is 5. The first-order valence-corrected chi connectivity index (χ1v) is 5.13. The molecule has 4 heteroatoms. The third kappa shape index (κ3) is 3.42. The normalized spacial score (nSPS) is 12.2. The standard InChI is InChI=1S/C10H15ClN2O/c1-8(6-7-11)12-9-4-3-5-10(13-9)14-2/h3-5,8H,6-7H2,1-2H3,(H,12,13). The van der Waals surface area contributed by atoms with Crippen molar-refractivity contribution in [3.05, 3.63) is 18.2 Å². The Morgan fingerprint density at radius 3 is 3.00 bits per heavy atom. The maximum atomic E-state index is 5.64. The summed E-state index contributed by atoms with van der Waals surface area (Å²) in [6.07, 6.45) is 0.917. The van der Waals surface area contributed by atoms with Gasteiger partial charge in [0.1, 0.15) is 5.82 Å². The van der Waals surface area contributed by atoms with Crippen LogP contribution in [0.2, 0.25) is 0 Å². The minimum absolute atomic E-state index is 0.326. The number of ether oxygens (including phenoxy) is 1. The first-order chi connectivity index (χ1) is 6.76. The minimum Gasteiger partial charge on any atom is -0.481 e. The van der Waals surface area contributed by atoms with Crippen molar-refractivity contribution < 1.29 is 4.74 Å². The molecule has 1 heterocycles. The van der Waals surface area contributed by atoms with E-state index in [1.807, 2.05) is 18.2 Å². The number of aromatic nitrogens is 1. The zero-order valence-corrected chi connectivity index (χ0v) is 9.21. The summed E-state index contributed by atoms with van der Waals surface area (Å²) < 4.78 is 5.02. The zero-order valence-electron chi connectivity index (χ0n) is 8.46. The van der Waals surface area contributed by atoms with E-state index in [0.717, 1.165) is 12.2 Å². The molecule has 0 aliphatic rings. The lowest BCUT2D eigenvalue weighted by Crippen LogP contribution is -2.16. The van der Waals surface area contributed by atoms with Gasteiger partial charge in [-0.1, -0.05) is 6.07 Å². The number of anilines is 1. The van der Waals surface area contributed by atoms with Crippen molar-refractivity contribution >= 4 is 17.4 Å². The fraction of sp³-hybridized carbons (Fsp3) is 0.500. The number of nitrogens with zero attached hydrogens (tertiary/aromatic N) is 1. The van der Waals surface area contributed by atoms with Gasteiger partial charge in [0.2, 0.25) is 5.88 Å². The first kappa shape index (κ1) is 11.1. The molecule has 0 saturated heterocycles. The lowest BCUT2D eigenvalue weighted by Gasteiger charge is -2.13. The van der Waals surface area contributed by atoms with Gasteiger partial charge in [0.25, 0.3) is 0 Å². The predicted molar refractivity (Wildman–Crippen MR) is 59.2 cm³/mol. The van der Waals surface area contributed by atoms with Crippen LogP contribution in [0.25, 0.3) is 0 Å². The minimum atomic E-state index is 0.326. The summed E-state index contributed by atoms with van der Waals surface area (Å²) in [6.45, 7) is 2.07. The molecular formula is C10H15ClN2O. The molecule has 0 saturated carbocycles. The van der Waals surface area contributed by atoms with Gasteiger partial charge in [-0.25, -0.2) is 0 Å². The van der Waals surface area contributed by atoms with Gasteiger partial charge in [-0.2, -0.15) is 4.98 Å². The second-order valence-corrected chi connectivity index (χ2v) is 3.47. The van der Waals surface area contributed by atoms with Crippen LogP contribution in [0.3, 0.4) is 0 Å². The Kier molecular flexibility index (Phi) is 4.53. The molecule has 1 rings (SSSR count). The average molecular weight is 215 g/mol. The van der Waals surface area contributed by atoms with Gasteiger partial charge in [-0.15, -0.1) is 11.6 Å². The Labute approximate surface area is 89.4 Å². The van der Waals surface area contributed by atoms with E-state index >= 15 is 0 Å². The van der Waals surface area contributed by atoms with Crippen LogP contribution in [0, 0.1) is 0 Å². The maximum Gasteiger partial charge on any atom is 0.214 e. The quantitative estimate of drug-likeness (QED) is 0.765. The lowest BCUT2D eigenvalue weighted by atomic mass is 10.2. The highest BCUT2D eigenvalue weighted by Gasteiger charge is 2.02. The molecule has 1 unspecified atom stereocenters. The number of halogens is 1. The summed E-state index contributed by atoms with van der Waals surface area (Å²) in [7, 11) is 1.61. The van der Waals surface area contributed by atoms with Gasteiger partial charge >= 0.3 is 0 Å². The molecule has 1 aromatic heterocycles. The fourth-order valence-corrected chi connectivity index (χ4v) is 1.42. The van der Waals surface area contributed by atoms with E-state index in [1.165, 1.54) is 0 Å². The lowest BCUT2D eigenvalue weighted by molar-refractivity contribution is 0.398. The summed E-state index contributed by atoms with van der Waals surface area (Å²) in [5, 5.41) is 3.24. The summed E-state index contributed by atoms with van der Waals surface area (Å²) in [4.78, 5) is 4.24. The number of hydrogen-bond acceptors (Lipinski definition) is 3. The van der Waals surface area contributed by atoms with Gasteiger partial charge in [0.15, 0.2) is 0 Å². The topological polar surface area (TPSA) is 34.1 Å². The van der Waals surface area contributed by atoms with Crippen LogP contribution >= 0.6 is 11.6 Å². The molecule has 1 aromatic rings. The first-order valence-electron chi connectivity index (χ1n) is 4.60. The molecule has 0 bridgehead atoms. The van der Waals surface area contributed by atoms with Gasteiger partial charge < -0.3 is 10.1 Å². The van der Waals surface area contributed by atoms with E-state index in [0.29, 0.717) is 17.8 Å². The molecule has 0 fully saturated rings. The molecule has 0 aliphatic carbocycles. The van der Waals surface area contributed by atoms with E-state index in [1.54, 1.807) is 7.11 Å². The van der Waals surface area contributed by atoms with Crippen LogP contribution in [0.15, 0.2) is 18.2 Å². The molecular weight excluding hydrogens is 200 g/mol. The number of methoxy groups -OCH3 is 1. The highest BCUT2D eigenvalue weighted by molar-refractivity contribution is 6.17. The monoisotopic (exact) mass is 214 g/mol. The number of alkyl halides is 1. The molecule has 14 heavy (non-hydrogen) atoms. The Morgan fingerprint density at radius 1 is 1.57 bits per heavy atom. The Bertz CT molecular complexity index is 281. The highest BCUT2D eigenvalue weighted by Crippen LogP contribution is 2.12. The second kappa shape index (κ2) is 5.70. The zero-order chi connectivity index (χ0) is 10.4. The van der Waals surface area contributed by atoms with Crippen LogP contribution in [0.1, 0.15) is 13.3 Å². The van der Waals surface area contributed by atoms with E-state index in [4.69, 9.17) is 16.3 Å². The van der Waals surface area contributed by atoms with Gasteiger partial charge in [0, 0.05) is 18.0 Å². The fourth-order valence-electron chi connectivity index (χ4n) is 1.10. The largest absolute Gasteiger partial charge is 0.481 e. The van der Waals surface area contributed by atoms with Crippen molar-refractivity contribution in [2.24, 2.45) is 0 Å². The van der Waals surface area contributed by atoms with Gasteiger partial charge in [0.05, 0.1) is 7.11 Å². The Morgan fingerprint density at radius 2 is 2.36 bits per heavy atom. The van der Waals surface area contributed by atoms with Gasteiger partial charge in [-0.3, -0.25) is 0 Å². The molecule has 0 spiro atoms. The molecule has 0 amide bonds. The number of hydrogen-bond donors (Lipinski definition) is 1. The van der Waals surface area contributed by atoms with Crippen molar-refractivity contribution in [1.82, 2.24) is 4.98 Å². The SMILES string of the molecule is COc1cccc(NC(C)CCCl)n1. The van der Waals surface area contributed by atoms with Gasteiger partial charge in [-0.05, 0) is 19.4 Å². The van der Waals surface area contributed by atoms with Crippen molar-refractivity contribution in [2.45, 2.75) is 19.4 Å². The molecule has 0 aliphatic heterocycles. The van der Waals surface area contributed by atoms with Crippen LogP contribution in [-0.4, -0.2) is 24.0 Å². The van der Waals surface area contributed by atoms with Crippen LogP contribution in [0.4, 0.5) is 5.82 Å². The highest BCUT2D eigenvalue weighted by atomic mass is 35.5. The van der Waals surface area contributed by atoms with Crippen LogP contribution in [-0.2, 0) is 0 Å². The van der Waals surface area contributed by atoms with Crippen LogP contribution in [0.5, 0.6) is 5.88 Å². The summed E-state index contributed by atoms with van der Waals surface area (Å²) >= 11 is 5.64. The van der Waals surface area contributed by atoms with Crippen molar-refractivity contribution in [3.63, 3.8) is 0 Å². The van der Waals surface area contributed by atoms with E-state index in [2.05, 4.69) is 17.2 Å². The molecule has 1 N–H and O–H groups in total. The molecule has 0 radical (unpaired) electrons. The smallest absolute Gasteiger partial charge is 0.214 e. The summed E-state index contributed by atoms with van der Waals surface area (Å²) in [6, 6.07) is 5.96. The Balaban J connectivity index is 2.57. The Hall–Kier alpha value is -0.960. The second-order valence-electron chi connectivity index (χ2n) is 3.09. The summed E-state index contributed by atoms with van der Waals surface area (Å²) in [5.41, 5.74) is 0. The predicted octanol–water partition coefficient (Wildman–Crippen LogP) is 2.52. The summed E-state index contributed by atoms with van der Waals surface area (Å²) in [5.74, 6) is 2.09. The molecule has 1 atom stereocenters. The van der Waals surface area contributed by atoms with Crippen molar-refractivity contribution in [3.8, 4) is 5.88 Å². The maximum absolute atomic E-state index is 5.64. The molecule has 78 valence electrons. The third-order valence-electron chi connectivity index (χ3n) is 1.87. The average Bonchev–Trinajstić information content (AvgIpc) is 2.18.